The van der Waals surface area contributed by atoms with Gasteiger partial charge in [0.25, 0.3) is 5.91 Å². The molecule has 0 saturated carbocycles. The summed E-state index contributed by atoms with van der Waals surface area (Å²) in [5, 5.41) is 21.5. The Balaban J connectivity index is 1.82. The maximum atomic E-state index is 13.3. The average Bonchev–Trinajstić information content (AvgIpc) is 3.41. The number of hydrogen-bond acceptors (Lipinski definition) is 3. The number of aryl methyl sites for hydroxylation is 1. The topological polar surface area (TPSA) is 65.7 Å². The molecule has 1 aliphatic carbocycles. The first-order valence-corrected chi connectivity index (χ1v) is 11.5. The molecule has 2 heterocycles. The summed E-state index contributed by atoms with van der Waals surface area (Å²) < 4.78 is 4.09. The monoisotopic (exact) mass is 524 g/mol. The molecule has 6 heteroatoms. The highest BCUT2D eigenvalue weighted by molar-refractivity contribution is 14.1. The minimum Gasteiger partial charge on any atom is -0.396 e. The number of carbonyl (C=O) groups is 1. The molecule has 156 valence electrons. The molecule has 0 radical (unpaired) electrons. The van der Waals surface area contributed by atoms with Crippen molar-refractivity contribution in [3.05, 3.63) is 70.3 Å². The van der Waals surface area contributed by atoms with E-state index < -0.39 is 0 Å². The van der Waals surface area contributed by atoms with E-state index in [1.54, 1.807) is 3.11 Å². The number of benzene rings is 3. The predicted octanol–water partition coefficient (Wildman–Crippen LogP) is 4.55. The zero-order chi connectivity index (χ0) is 21.3. The van der Waals surface area contributed by atoms with Crippen LogP contribution in [0.4, 0.5) is 0 Å². The number of nitrogens with zero attached hydrogens (tertiary/aromatic N) is 2. The van der Waals surface area contributed by atoms with Crippen LogP contribution in [-0.4, -0.2) is 30.4 Å². The summed E-state index contributed by atoms with van der Waals surface area (Å²) in [5.41, 5.74) is 9.72. The molecule has 0 spiro atoms. The van der Waals surface area contributed by atoms with Gasteiger partial charge in [0, 0.05) is 41.4 Å². The highest BCUT2D eigenvalue weighted by Crippen LogP contribution is 2.50. The minimum atomic E-state index is -0.0187. The van der Waals surface area contributed by atoms with E-state index in [1.807, 2.05) is 12.1 Å². The summed E-state index contributed by atoms with van der Waals surface area (Å²) in [6.07, 6.45) is 1.46. The minimum absolute atomic E-state index is 0.0187. The lowest BCUT2D eigenvalue weighted by Crippen LogP contribution is -2.11. The third kappa shape index (κ3) is 2.58. The van der Waals surface area contributed by atoms with Crippen LogP contribution in [0.25, 0.3) is 32.9 Å². The third-order valence-electron chi connectivity index (χ3n) is 6.68. The average molecular weight is 524 g/mol. The molecule has 0 atom stereocenters. The zero-order valence-corrected chi connectivity index (χ0v) is 19.0. The maximum Gasteiger partial charge on any atom is 0.263 e. The Hall–Kier alpha value is -2.42. The van der Waals surface area contributed by atoms with Gasteiger partial charge in [-0.1, -0.05) is 30.3 Å². The first-order valence-electron chi connectivity index (χ1n) is 10.5. The fraction of sp³-hybridized carbons (Fsp3) is 0.240. The molecule has 1 aromatic heterocycles. The Labute approximate surface area is 193 Å². The van der Waals surface area contributed by atoms with Gasteiger partial charge in [-0.2, -0.15) is 0 Å². The van der Waals surface area contributed by atoms with Crippen molar-refractivity contribution in [1.29, 1.82) is 0 Å². The van der Waals surface area contributed by atoms with Crippen LogP contribution in [0.15, 0.2) is 42.5 Å². The summed E-state index contributed by atoms with van der Waals surface area (Å²) in [7, 11) is 0. The van der Waals surface area contributed by atoms with Crippen molar-refractivity contribution in [2.24, 2.45) is 0 Å². The second-order valence-electron chi connectivity index (χ2n) is 8.33. The molecular formula is C25H21IN2O3. The van der Waals surface area contributed by atoms with Crippen molar-refractivity contribution >= 4 is 50.6 Å². The van der Waals surface area contributed by atoms with Crippen molar-refractivity contribution in [2.75, 3.05) is 6.61 Å². The van der Waals surface area contributed by atoms with Crippen molar-refractivity contribution in [3.8, 4) is 11.1 Å². The Morgan fingerprint density at radius 2 is 1.87 bits per heavy atom. The Morgan fingerprint density at radius 3 is 2.68 bits per heavy atom. The number of amides is 1. The van der Waals surface area contributed by atoms with Crippen LogP contribution in [0.2, 0.25) is 0 Å². The summed E-state index contributed by atoms with van der Waals surface area (Å²) in [4.78, 5) is 13.3. The molecule has 0 saturated heterocycles. The van der Waals surface area contributed by atoms with Gasteiger partial charge in [-0.15, -0.1) is 0 Å². The van der Waals surface area contributed by atoms with Crippen LogP contribution in [0, 0.1) is 0 Å². The lowest BCUT2D eigenvalue weighted by Gasteiger charge is -2.13. The number of carbonyl (C=O) groups excluding carboxylic acids is 1. The fourth-order valence-corrected chi connectivity index (χ4v) is 6.01. The molecule has 1 amide bonds. The van der Waals surface area contributed by atoms with E-state index in [1.165, 1.54) is 16.6 Å². The van der Waals surface area contributed by atoms with Gasteiger partial charge in [-0.3, -0.25) is 7.91 Å². The quantitative estimate of drug-likeness (QED) is 0.268. The summed E-state index contributed by atoms with van der Waals surface area (Å²) in [5.74, 6) is 0.0695. The third-order valence-corrected chi connectivity index (χ3v) is 7.46. The van der Waals surface area contributed by atoms with Gasteiger partial charge in [-0.25, -0.2) is 0 Å². The van der Waals surface area contributed by atoms with Crippen molar-refractivity contribution < 1.29 is 15.0 Å². The van der Waals surface area contributed by atoms with Crippen LogP contribution >= 0.6 is 22.9 Å². The number of hydrogen-bond donors (Lipinski definition) is 2. The molecule has 3 aromatic carbocycles. The second kappa shape index (κ2) is 7.05. The molecule has 6 rings (SSSR count). The van der Waals surface area contributed by atoms with Gasteiger partial charge in [-0.05, 0) is 46.4 Å². The smallest absolute Gasteiger partial charge is 0.263 e. The van der Waals surface area contributed by atoms with Gasteiger partial charge >= 0.3 is 0 Å². The first kappa shape index (κ1) is 19.3. The normalized spacial score (nSPS) is 14.5. The molecule has 5 nitrogen and oxygen atoms in total. The highest BCUT2D eigenvalue weighted by Gasteiger charge is 2.38. The number of rotatable bonds is 4. The highest BCUT2D eigenvalue weighted by atomic mass is 127. The number of aliphatic hydroxyl groups excluding tert-OH is 2. The van der Waals surface area contributed by atoms with E-state index in [0.717, 1.165) is 50.5 Å². The molecule has 2 N–H and O–H groups in total. The molecule has 4 aromatic rings. The summed E-state index contributed by atoms with van der Waals surface area (Å²) >= 11 is 2.12. The maximum absolute atomic E-state index is 13.3. The van der Waals surface area contributed by atoms with E-state index in [-0.39, 0.29) is 19.1 Å². The number of aliphatic hydroxyl groups is 2. The number of aromatic nitrogens is 1. The fourth-order valence-electron chi connectivity index (χ4n) is 5.43. The van der Waals surface area contributed by atoms with Gasteiger partial charge < -0.3 is 14.8 Å². The van der Waals surface area contributed by atoms with Crippen LogP contribution in [-0.2, 0) is 26.1 Å². The molecule has 1 aliphatic heterocycles. The molecule has 0 bridgehead atoms. The largest absolute Gasteiger partial charge is 0.396 e. The van der Waals surface area contributed by atoms with Crippen LogP contribution in [0.1, 0.15) is 39.0 Å². The molecular weight excluding hydrogens is 503 g/mol. The lowest BCUT2D eigenvalue weighted by atomic mass is 9.92. The molecule has 31 heavy (non-hydrogen) atoms. The summed E-state index contributed by atoms with van der Waals surface area (Å²) in [6.45, 7) is 1.39. The van der Waals surface area contributed by atoms with Crippen molar-refractivity contribution in [2.45, 2.75) is 32.5 Å². The Kier molecular flexibility index (Phi) is 4.38. The zero-order valence-electron chi connectivity index (χ0n) is 16.9. The standard InChI is InChI=1S/C25H21IN2O3/c26-28-12-19-22-17-10-14(13-30)6-7-20(17)27(8-3-9-29)24(22)18-11-15-4-1-2-5-16(15)21(18)23(19)25(28)31/h1-2,4-7,10,29-30H,3,8-9,11-13H2. The van der Waals surface area contributed by atoms with Gasteiger partial charge in [0.05, 0.1) is 47.1 Å². The van der Waals surface area contributed by atoms with Crippen LogP contribution < -0.4 is 0 Å². The van der Waals surface area contributed by atoms with E-state index in [2.05, 4.69) is 57.8 Å². The first-order chi connectivity index (χ1) is 15.1. The molecule has 0 unspecified atom stereocenters. The summed E-state index contributed by atoms with van der Waals surface area (Å²) in [6, 6.07) is 14.5. The second-order valence-corrected chi connectivity index (χ2v) is 9.49. The van der Waals surface area contributed by atoms with Crippen molar-refractivity contribution in [3.63, 3.8) is 0 Å². The van der Waals surface area contributed by atoms with E-state index in [4.69, 9.17) is 0 Å². The van der Waals surface area contributed by atoms with Crippen molar-refractivity contribution in [1.82, 2.24) is 7.68 Å². The molecule has 2 aliphatic rings. The Morgan fingerprint density at radius 1 is 1.03 bits per heavy atom. The SMILES string of the molecule is O=C1c2c3c(c4c(c2CN1I)c1cc(CO)ccc1n4CCCO)Cc1ccccc1-3. The van der Waals surface area contributed by atoms with Crippen LogP contribution in [0.5, 0.6) is 0 Å². The number of fused-ring (bicyclic) bond motifs is 10. The Bertz CT molecular complexity index is 1410. The molecule has 0 fully saturated rings. The van der Waals surface area contributed by atoms with Gasteiger partial charge in [0.2, 0.25) is 0 Å². The number of halogens is 1. The van der Waals surface area contributed by atoms with Gasteiger partial charge in [0.15, 0.2) is 0 Å². The lowest BCUT2D eigenvalue weighted by molar-refractivity contribution is 0.0905. The van der Waals surface area contributed by atoms with E-state index in [9.17, 15) is 15.0 Å². The van der Waals surface area contributed by atoms with Gasteiger partial charge in [0.1, 0.15) is 0 Å². The van der Waals surface area contributed by atoms with E-state index in [0.29, 0.717) is 19.5 Å². The van der Waals surface area contributed by atoms with E-state index >= 15 is 0 Å². The van der Waals surface area contributed by atoms with Crippen LogP contribution in [0.3, 0.4) is 0 Å². The predicted molar refractivity (Wildman–Crippen MR) is 129 cm³/mol.